The summed E-state index contributed by atoms with van der Waals surface area (Å²) in [5.74, 6) is 0. The molecule has 0 amide bonds. The molecule has 0 nitrogen and oxygen atoms in total. The third-order valence-corrected chi connectivity index (χ3v) is 2.07. The van der Waals surface area contributed by atoms with E-state index in [1.165, 1.54) is 9.13 Å². The predicted octanol–water partition coefficient (Wildman–Crippen LogP) is 3.53. The molecule has 0 N–H and O–H groups in total. The van der Waals surface area contributed by atoms with Crippen LogP contribution >= 0.6 is 22.6 Å². The fourth-order valence-electron chi connectivity index (χ4n) is 0.793. The summed E-state index contributed by atoms with van der Waals surface area (Å²) in [6.07, 6.45) is 5.00. The van der Waals surface area contributed by atoms with E-state index < -0.39 is 0 Å². The van der Waals surface area contributed by atoms with Crippen molar-refractivity contribution in [1.82, 2.24) is 0 Å². The summed E-state index contributed by atoms with van der Waals surface area (Å²) in [5.41, 5.74) is 1.24. The average molecular weight is 257 g/mol. The lowest BCUT2D eigenvalue weighted by molar-refractivity contribution is 1.41. The molecule has 0 aliphatic rings. The zero-order valence-electron chi connectivity index (χ0n) is 6.26. The largest absolute Gasteiger partial charge is 0.0839 e. The van der Waals surface area contributed by atoms with Crippen LogP contribution in [0.15, 0.2) is 30.3 Å². The molecule has 0 aliphatic carbocycles. The maximum absolute atomic E-state index is 3.73. The van der Waals surface area contributed by atoms with Gasteiger partial charge < -0.3 is 0 Å². The van der Waals surface area contributed by atoms with Crippen LogP contribution in [0.5, 0.6) is 0 Å². The van der Waals surface area contributed by atoms with E-state index in [1.54, 1.807) is 0 Å². The third-order valence-electron chi connectivity index (χ3n) is 1.35. The lowest BCUT2D eigenvalue weighted by Crippen LogP contribution is -1.72. The molecule has 1 aromatic rings. The van der Waals surface area contributed by atoms with Gasteiger partial charge in [0.15, 0.2) is 0 Å². The summed E-state index contributed by atoms with van der Waals surface area (Å²) < 4.78 is 1.27. The van der Waals surface area contributed by atoms with E-state index in [0.29, 0.717) is 0 Å². The maximum Gasteiger partial charge on any atom is 0.0130 e. The van der Waals surface area contributed by atoms with Crippen LogP contribution in [-0.4, -0.2) is 0 Å². The van der Waals surface area contributed by atoms with Crippen molar-refractivity contribution in [3.05, 3.63) is 46.4 Å². The van der Waals surface area contributed by atoms with Gasteiger partial charge in [0.1, 0.15) is 0 Å². The number of rotatable bonds is 2. The van der Waals surface area contributed by atoms with Crippen molar-refractivity contribution in [3.8, 4) is 0 Å². The number of hydrogen-bond donors (Lipinski definition) is 0. The van der Waals surface area contributed by atoms with Crippen LogP contribution in [0.1, 0.15) is 12.0 Å². The van der Waals surface area contributed by atoms with Gasteiger partial charge >= 0.3 is 0 Å². The Labute approximate surface area is 81.5 Å². The summed E-state index contributed by atoms with van der Waals surface area (Å²) in [6.45, 7) is 3.73. The van der Waals surface area contributed by atoms with E-state index in [4.69, 9.17) is 0 Å². The number of halogens is 1. The first kappa shape index (κ1) is 8.78. The smallest absolute Gasteiger partial charge is 0.0130 e. The molecule has 0 fully saturated rings. The highest BCUT2D eigenvalue weighted by Crippen LogP contribution is 2.08. The first-order valence-electron chi connectivity index (χ1n) is 3.54. The second-order valence-corrected chi connectivity index (χ2v) is 3.49. The van der Waals surface area contributed by atoms with E-state index >= 15 is 0 Å². The molecule has 1 heteroatoms. The molecule has 0 saturated carbocycles. The van der Waals surface area contributed by atoms with Crippen molar-refractivity contribution in [3.63, 3.8) is 0 Å². The summed E-state index contributed by atoms with van der Waals surface area (Å²) >= 11 is 2.30. The second-order valence-electron chi connectivity index (χ2n) is 2.24. The van der Waals surface area contributed by atoms with E-state index in [0.717, 1.165) is 6.42 Å². The molecule has 0 unspecified atom stereocenters. The van der Waals surface area contributed by atoms with Gasteiger partial charge in [0.05, 0.1) is 0 Å². The van der Waals surface area contributed by atoms with Crippen LogP contribution in [-0.2, 0) is 0 Å². The van der Waals surface area contributed by atoms with Crippen molar-refractivity contribution in [2.24, 2.45) is 0 Å². The third kappa shape index (κ3) is 3.06. The number of allylic oxidation sites excluding steroid dienone is 1. The Morgan fingerprint density at radius 2 is 1.91 bits per heavy atom. The lowest BCUT2D eigenvalue weighted by atomic mass is 10.2. The van der Waals surface area contributed by atoms with E-state index in [-0.39, 0.29) is 0 Å². The van der Waals surface area contributed by atoms with Gasteiger partial charge in [-0.25, -0.2) is 0 Å². The molecule has 11 heavy (non-hydrogen) atoms. The second kappa shape index (κ2) is 4.54. The number of benzene rings is 1. The molecule has 1 radical (unpaired) electrons. The SMILES string of the molecule is [CH2]C/C=C/c1ccc(I)cc1. The molecule has 0 atom stereocenters. The number of hydrogen-bond acceptors (Lipinski definition) is 0. The molecule has 0 bridgehead atoms. The highest BCUT2D eigenvalue weighted by molar-refractivity contribution is 14.1. The van der Waals surface area contributed by atoms with Gasteiger partial charge in [0.25, 0.3) is 0 Å². The molecular weight excluding hydrogens is 247 g/mol. The monoisotopic (exact) mass is 257 g/mol. The minimum Gasteiger partial charge on any atom is -0.0839 e. The maximum atomic E-state index is 3.73. The average Bonchev–Trinajstić information content (AvgIpc) is 2.04. The molecule has 0 spiro atoms. The Morgan fingerprint density at radius 3 is 2.45 bits per heavy atom. The van der Waals surface area contributed by atoms with Gasteiger partial charge in [0, 0.05) is 3.57 Å². The fraction of sp³-hybridized carbons (Fsp3) is 0.100. The van der Waals surface area contributed by atoms with Crippen LogP contribution in [0.4, 0.5) is 0 Å². The van der Waals surface area contributed by atoms with Crippen LogP contribution < -0.4 is 0 Å². The summed E-state index contributed by atoms with van der Waals surface area (Å²) in [6, 6.07) is 8.41. The Balaban J connectivity index is 2.73. The molecule has 57 valence electrons. The van der Waals surface area contributed by atoms with Gasteiger partial charge in [-0.15, -0.1) is 0 Å². The Morgan fingerprint density at radius 1 is 1.27 bits per heavy atom. The first-order valence-corrected chi connectivity index (χ1v) is 4.62. The van der Waals surface area contributed by atoms with Crippen molar-refractivity contribution < 1.29 is 0 Å². The van der Waals surface area contributed by atoms with Crippen LogP contribution in [0, 0.1) is 10.5 Å². The van der Waals surface area contributed by atoms with Gasteiger partial charge in [-0.1, -0.05) is 24.3 Å². The van der Waals surface area contributed by atoms with Crippen LogP contribution in [0.2, 0.25) is 0 Å². The molecule has 1 aromatic carbocycles. The molecule has 0 aromatic heterocycles. The molecule has 0 heterocycles. The molecule has 1 rings (SSSR count). The summed E-state index contributed by atoms with van der Waals surface area (Å²) in [7, 11) is 0. The van der Waals surface area contributed by atoms with Crippen molar-refractivity contribution in [1.29, 1.82) is 0 Å². The summed E-state index contributed by atoms with van der Waals surface area (Å²) in [4.78, 5) is 0. The zero-order valence-corrected chi connectivity index (χ0v) is 8.41. The standard InChI is InChI=1S/C10H10I/c1-2-3-4-9-5-7-10(11)8-6-9/h3-8H,1-2H2/b4-3+. The van der Waals surface area contributed by atoms with Crippen LogP contribution in [0.3, 0.4) is 0 Å². The van der Waals surface area contributed by atoms with Crippen molar-refractivity contribution in [2.75, 3.05) is 0 Å². The predicted molar refractivity (Wildman–Crippen MR) is 58.2 cm³/mol. The molecular formula is C10H10I. The molecule has 0 saturated heterocycles. The van der Waals surface area contributed by atoms with Gasteiger partial charge in [-0.2, -0.15) is 0 Å². The van der Waals surface area contributed by atoms with Crippen molar-refractivity contribution >= 4 is 28.7 Å². The zero-order chi connectivity index (χ0) is 8.10. The summed E-state index contributed by atoms with van der Waals surface area (Å²) in [5, 5.41) is 0. The van der Waals surface area contributed by atoms with E-state index in [9.17, 15) is 0 Å². The Hall–Kier alpha value is -0.310. The van der Waals surface area contributed by atoms with Gasteiger partial charge in [-0.3, -0.25) is 0 Å². The molecule has 0 aliphatic heterocycles. The van der Waals surface area contributed by atoms with E-state index in [1.807, 2.05) is 0 Å². The Bertz CT molecular complexity index is 234. The quantitative estimate of drug-likeness (QED) is 0.711. The van der Waals surface area contributed by atoms with Crippen molar-refractivity contribution in [2.45, 2.75) is 6.42 Å². The lowest BCUT2D eigenvalue weighted by Gasteiger charge is -1.92. The first-order chi connectivity index (χ1) is 5.33. The normalized spacial score (nSPS) is 10.7. The Kier molecular flexibility index (Phi) is 3.63. The van der Waals surface area contributed by atoms with Gasteiger partial charge in [-0.05, 0) is 53.6 Å². The van der Waals surface area contributed by atoms with E-state index in [2.05, 4.69) is 65.9 Å². The minimum absolute atomic E-state index is 0.853. The van der Waals surface area contributed by atoms with Gasteiger partial charge in [0.2, 0.25) is 0 Å². The van der Waals surface area contributed by atoms with Crippen LogP contribution in [0.25, 0.3) is 6.08 Å². The topological polar surface area (TPSA) is 0 Å². The highest BCUT2D eigenvalue weighted by atomic mass is 127. The minimum atomic E-state index is 0.853. The highest BCUT2D eigenvalue weighted by Gasteiger charge is 1.85. The fourth-order valence-corrected chi connectivity index (χ4v) is 1.15.